The number of halogens is 1. The molecular formula is C22H29ClN2O3. The summed E-state index contributed by atoms with van der Waals surface area (Å²) in [5.41, 5.74) is 2.29. The molecule has 1 aliphatic rings. The molecule has 2 aromatic rings. The Bertz CT molecular complexity index is 735. The van der Waals surface area contributed by atoms with Gasteiger partial charge in [-0.25, -0.2) is 0 Å². The van der Waals surface area contributed by atoms with Gasteiger partial charge in [-0.2, -0.15) is 0 Å². The van der Waals surface area contributed by atoms with Crippen molar-refractivity contribution in [2.24, 2.45) is 0 Å². The molecule has 1 N–H and O–H groups in total. The lowest BCUT2D eigenvalue weighted by molar-refractivity contribution is 0.000851. The molecule has 0 radical (unpaired) electrons. The van der Waals surface area contributed by atoms with Crippen molar-refractivity contribution in [2.75, 3.05) is 46.4 Å². The van der Waals surface area contributed by atoms with Crippen molar-refractivity contribution in [1.29, 1.82) is 0 Å². The molecule has 2 aromatic carbocycles. The number of rotatable bonds is 9. The lowest BCUT2D eigenvalue weighted by Crippen LogP contribution is -2.48. The zero-order valence-electron chi connectivity index (χ0n) is 16.4. The SMILES string of the molecule is COc1cccc(COCC(O)CN2CCN(Cc3cccc(Cl)c3)CC2)c1. The minimum Gasteiger partial charge on any atom is -0.497 e. The molecule has 1 atom stereocenters. The standard InChI is InChI=1S/C22H29ClN2O3/c1-27-22-7-3-5-19(13-22)16-28-17-21(26)15-25-10-8-24(9-11-25)14-18-4-2-6-20(23)12-18/h2-7,12-13,21,26H,8-11,14-17H2,1H3. The van der Waals surface area contributed by atoms with Gasteiger partial charge in [0.05, 0.1) is 26.4 Å². The molecule has 1 saturated heterocycles. The molecule has 1 fully saturated rings. The molecule has 0 aliphatic carbocycles. The van der Waals surface area contributed by atoms with Crippen molar-refractivity contribution in [1.82, 2.24) is 9.80 Å². The lowest BCUT2D eigenvalue weighted by atomic mass is 10.2. The van der Waals surface area contributed by atoms with Gasteiger partial charge in [0.2, 0.25) is 0 Å². The Balaban J connectivity index is 1.33. The van der Waals surface area contributed by atoms with Crippen molar-refractivity contribution >= 4 is 11.6 Å². The first-order valence-corrected chi connectivity index (χ1v) is 10.1. The Morgan fingerprint density at radius 2 is 1.71 bits per heavy atom. The summed E-state index contributed by atoms with van der Waals surface area (Å²) in [6, 6.07) is 15.8. The lowest BCUT2D eigenvalue weighted by Gasteiger charge is -2.35. The second-order valence-corrected chi connectivity index (χ2v) is 7.66. The van der Waals surface area contributed by atoms with Crippen LogP contribution < -0.4 is 4.74 Å². The molecular weight excluding hydrogens is 376 g/mol. The zero-order valence-corrected chi connectivity index (χ0v) is 17.1. The predicted molar refractivity (Wildman–Crippen MR) is 112 cm³/mol. The normalized spacial score (nSPS) is 16.8. The Kier molecular flexibility index (Phi) is 8.13. The average molecular weight is 405 g/mol. The topological polar surface area (TPSA) is 45.2 Å². The summed E-state index contributed by atoms with van der Waals surface area (Å²) in [5, 5.41) is 11.1. The molecule has 28 heavy (non-hydrogen) atoms. The summed E-state index contributed by atoms with van der Waals surface area (Å²) in [5.74, 6) is 0.817. The van der Waals surface area contributed by atoms with Crippen molar-refractivity contribution in [3.8, 4) is 5.75 Å². The van der Waals surface area contributed by atoms with Crippen LogP contribution in [0.25, 0.3) is 0 Å². The van der Waals surface area contributed by atoms with Crippen LogP contribution in [0.4, 0.5) is 0 Å². The maximum atomic E-state index is 10.3. The first kappa shape index (κ1) is 21.1. The van der Waals surface area contributed by atoms with E-state index in [2.05, 4.69) is 15.9 Å². The number of β-amino-alcohol motifs (C(OH)–C–C–N with tert-alkyl or cyclic N) is 1. The van der Waals surface area contributed by atoms with E-state index in [0.717, 1.165) is 49.1 Å². The highest BCUT2D eigenvalue weighted by Crippen LogP contribution is 2.15. The highest BCUT2D eigenvalue weighted by molar-refractivity contribution is 6.30. The highest BCUT2D eigenvalue weighted by Gasteiger charge is 2.19. The van der Waals surface area contributed by atoms with Gasteiger partial charge in [0.25, 0.3) is 0 Å². The van der Waals surface area contributed by atoms with Crippen LogP contribution in [0.2, 0.25) is 5.02 Å². The fourth-order valence-electron chi connectivity index (χ4n) is 3.45. The van der Waals surface area contributed by atoms with Gasteiger partial charge in [0.1, 0.15) is 5.75 Å². The number of methoxy groups -OCH3 is 1. The van der Waals surface area contributed by atoms with E-state index in [0.29, 0.717) is 19.8 Å². The largest absolute Gasteiger partial charge is 0.497 e. The van der Waals surface area contributed by atoms with E-state index in [9.17, 15) is 5.11 Å². The molecule has 0 spiro atoms. The molecule has 1 unspecified atom stereocenters. The summed E-state index contributed by atoms with van der Waals surface area (Å²) in [6.07, 6.45) is -0.481. The third-order valence-corrected chi connectivity index (χ3v) is 5.18. The van der Waals surface area contributed by atoms with Crippen LogP contribution in [-0.4, -0.2) is 67.5 Å². The Morgan fingerprint density at radius 3 is 2.46 bits per heavy atom. The number of hydrogen-bond donors (Lipinski definition) is 1. The molecule has 152 valence electrons. The number of aliphatic hydroxyl groups excluding tert-OH is 1. The van der Waals surface area contributed by atoms with E-state index in [1.807, 2.05) is 42.5 Å². The molecule has 3 rings (SSSR count). The van der Waals surface area contributed by atoms with E-state index < -0.39 is 6.10 Å². The second kappa shape index (κ2) is 10.8. The number of benzene rings is 2. The van der Waals surface area contributed by atoms with Crippen molar-refractivity contribution in [3.63, 3.8) is 0 Å². The summed E-state index contributed by atoms with van der Waals surface area (Å²) < 4.78 is 10.9. The fraction of sp³-hybridized carbons (Fsp3) is 0.455. The summed E-state index contributed by atoms with van der Waals surface area (Å²) in [6.45, 7) is 6.25. The van der Waals surface area contributed by atoms with Gasteiger partial charge >= 0.3 is 0 Å². The van der Waals surface area contributed by atoms with Crippen LogP contribution in [0.5, 0.6) is 5.75 Å². The van der Waals surface area contributed by atoms with Crippen LogP contribution in [-0.2, 0) is 17.9 Å². The molecule has 0 aromatic heterocycles. The van der Waals surface area contributed by atoms with Gasteiger partial charge in [-0.1, -0.05) is 35.9 Å². The number of piperazine rings is 1. The third-order valence-electron chi connectivity index (χ3n) is 4.94. The van der Waals surface area contributed by atoms with Crippen molar-refractivity contribution in [3.05, 3.63) is 64.7 Å². The molecule has 1 aliphatic heterocycles. The van der Waals surface area contributed by atoms with Crippen molar-refractivity contribution in [2.45, 2.75) is 19.3 Å². The second-order valence-electron chi connectivity index (χ2n) is 7.23. The Labute approximate surface area is 172 Å². The first-order chi connectivity index (χ1) is 13.6. The van der Waals surface area contributed by atoms with Gasteiger partial charge in [0, 0.05) is 44.3 Å². The van der Waals surface area contributed by atoms with E-state index >= 15 is 0 Å². The molecule has 5 nitrogen and oxygen atoms in total. The summed E-state index contributed by atoms with van der Waals surface area (Å²) in [7, 11) is 1.65. The minimum absolute atomic E-state index is 0.333. The maximum absolute atomic E-state index is 10.3. The van der Waals surface area contributed by atoms with E-state index in [4.69, 9.17) is 21.1 Å². The molecule has 1 heterocycles. The molecule has 6 heteroatoms. The predicted octanol–water partition coefficient (Wildman–Crippen LogP) is 3.04. The van der Waals surface area contributed by atoms with Gasteiger partial charge in [0.15, 0.2) is 0 Å². The van der Waals surface area contributed by atoms with Gasteiger partial charge in [-0.3, -0.25) is 9.80 Å². The Hall–Kier alpha value is -1.63. The van der Waals surface area contributed by atoms with Crippen LogP contribution in [0.3, 0.4) is 0 Å². The number of aliphatic hydroxyl groups is 1. The molecule has 0 saturated carbocycles. The van der Waals surface area contributed by atoms with Crippen LogP contribution in [0.1, 0.15) is 11.1 Å². The number of ether oxygens (including phenoxy) is 2. The van der Waals surface area contributed by atoms with Gasteiger partial charge < -0.3 is 14.6 Å². The van der Waals surface area contributed by atoms with Crippen LogP contribution in [0.15, 0.2) is 48.5 Å². The number of nitrogens with zero attached hydrogens (tertiary/aromatic N) is 2. The van der Waals surface area contributed by atoms with Crippen LogP contribution >= 0.6 is 11.6 Å². The molecule has 0 bridgehead atoms. The first-order valence-electron chi connectivity index (χ1n) is 9.70. The zero-order chi connectivity index (χ0) is 19.8. The van der Waals surface area contributed by atoms with Crippen LogP contribution in [0, 0.1) is 0 Å². The average Bonchev–Trinajstić information content (AvgIpc) is 2.70. The van der Waals surface area contributed by atoms with Gasteiger partial charge in [-0.15, -0.1) is 0 Å². The van der Waals surface area contributed by atoms with E-state index in [1.165, 1.54) is 5.56 Å². The smallest absolute Gasteiger partial charge is 0.119 e. The maximum Gasteiger partial charge on any atom is 0.119 e. The minimum atomic E-state index is -0.481. The quantitative estimate of drug-likeness (QED) is 0.696. The Morgan fingerprint density at radius 1 is 1.00 bits per heavy atom. The van der Waals surface area contributed by atoms with Crippen molar-refractivity contribution < 1.29 is 14.6 Å². The number of hydrogen-bond acceptors (Lipinski definition) is 5. The van der Waals surface area contributed by atoms with E-state index in [-0.39, 0.29) is 0 Å². The molecule has 0 amide bonds. The monoisotopic (exact) mass is 404 g/mol. The summed E-state index contributed by atoms with van der Waals surface area (Å²) >= 11 is 6.07. The van der Waals surface area contributed by atoms with E-state index in [1.54, 1.807) is 7.11 Å². The fourth-order valence-corrected chi connectivity index (χ4v) is 3.66. The summed E-state index contributed by atoms with van der Waals surface area (Å²) in [4.78, 5) is 4.72. The van der Waals surface area contributed by atoms with Gasteiger partial charge in [-0.05, 0) is 35.4 Å². The third kappa shape index (κ3) is 6.76. The highest BCUT2D eigenvalue weighted by atomic mass is 35.5.